The van der Waals surface area contributed by atoms with E-state index in [0.29, 0.717) is 13.0 Å². The number of esters is 1. The van der Waals surface area contributed by atoms with Crippen molar-refractivity contribution in [1.82, 2.24) is 0 Å². The molecule has 0 bridgehead atoms. The lowest BCUT2D eigenvalue weighted by molar-refractivity contribution is -0.151. The zero-order valence-electron chi connectivity index (χ0n) is 18.8. The summed E-state index contributed by atoms with van der Waals surface area (Å²) in [6, 6.07) is 0. The highest BCUT2D eigenvalue weighted by Crippen LogP contribution is 2.10. The number of aliphatic hydroxyl groups excluding tert-OH is 1. The largest absolute Gasteiger partial charge is 0.460 e. The first-order valence-corrected chi connectivity index (χ1v) is 11.7. The summed E-state index contributed by atoms with van der Waals surface area (Å²) >= 11 is 0. The highest BCUT2D eigenvalue weighted by molar-refractivity contribution is 5.69. The van der Waals surface area contributed by atoms with E-state index in [1.54, 1.807) is 6.92 Å². The van der Waals surface area contributed by atoms with E-state index in [9.17, 15) is 4.79 Å². The van der Waals surface area contributed by atoms with Crippen LogP contribution >= 0.6 is 0 Å². The fourth-order valence-corrected chi connectivity index (χ4v) is 3.06. The minimum Gasteiger partial charge on any atom is -0.460 e. The van der Waals surface area contributed by atoms with Gasteiger partial charge < -0.3 is 14.6 Å². The van der Waals surface area contributed by atoms with Gasteiger partial charge in [-0.2, -0.15) is 0 Å². The zero-order valence-corrected chi connectivity index (χ0v) is 18.8. The van der Waals surface area contributed by atoms with Gasteiger partial charge in [0.1, 0.15) is 6.10 Å². The van der Waals surface area contributed by atoms with Crippen LogP contribution in [0.2, 0.25) is 0 Å². The summed E-state index contributed by atoms with van der Waals surface area (Å²) in [6.07, 6.45) is 20.7. The molecule has 0 spiro atoms. The number of aliphatic hydroxyl groups is 1. The molecule has 0 aliphatic rings. The maximum Gasteiger partial charge on any atom is 0.306 e. The van der Waals surface area contributed by atoms with E-state index in [2.05, 4.69) is 19.1 Å². The van der Waals surface area contributed by atoms with Gasteiger partial charge in [-0.1, -0.05) is 70.4 Å². The van der Waals surface area contributed by atoms with Gasteiger partial charge in [0.25, 0.3) is 0 Å². The van der Waals surface area contributed by atoms with E-state index in [-0.39, 0.29) is 18.7 Å². The normalized spacial score (nSPS) is 13.7. The molecular formula is C24H46O4. The number of rotatable bonds is 20. The van der Waals surface area contributed by atoms with Crippen LogP contribution in [0.4, 0.5) is 0 Å². The average Bonchev–Trinajstić information content (AvgIpc) is 2.64. The van der Waals surface area contributed by atoms with Crippen LogP contribution in [-0.4, -0.2) is 36.5 Å². The van der Waals surface area contributed by atoms with E-state index in [0.717, 1.165) is 12.8 Å². The Morgan fingerprint density at radius 3 is 1.93 bits per heavy atom. The van der Waals surface area contributed by atoms with Crippen molar-refractivity contribution in [2.24, 2.45) is 0 Å². The molecule has 2 atom stereocenters. The molecule has 0 rings (SSSR count). The maximum atomic E-state index is 11.7. The van der Waals surface area contributed by atoms with E-state index in [1.165, 1.54) is 70.6 Å². The standard InChI is InChI=1S/C24H46O4/c1-4-5-6-7-8-9-10-11-12-13-14-15-16-17-18-19-24(26)28-23(3)21-27-20-22(2)25/h11-12,22-23,25H,4-10,13-21H2,1-3H3/b12-11-. The van der Waals surface area contributed by atoms with Crippen molar-refractivity contribution >= 4 is 5.97 Å². The summed E-state index contributed by atoms with van der Waals surface area (Å²) in [4.78, 5) is 11.7. The third-order valence-electron chi connectivity index (χ3n) is 4.69. The highest BCUT2D eigenvalue weighted by atomic mass is 16.6. The minimum atomic E-state index is -0.487. The molecule has 0 aromatic rings. The Morgan fingerprint density at radius 2 is 1.36 bits per heavy atom. The lowest BCUT2D eigenvalue weighted by atomic mass is 10.1. The van der Waals surface area contributed by atoms with Crippen molar-refractivity contribution < 1.29 is 19.4 Å². The smallest absolute Gasteiger partial charge is 0.306 e. The predicted molar refractivity (Wildman–Crippen MR) is 118 cm³/mol. The topological polar surface area (TPSA) is 55.8 Å². The molecule has 0 aromatic carbocycles. The Kier molecular flexibility index (Phi) is 20.2. The van der Waals surface area contributed by atoms with E-state index >= 15 is 0 Å². The number of unbranched alkanes of at least 4 members (excludes halogenated alkanes) is 11. The predicted octanol–water partition coefficient (Wildman–Crippen LogP) is 6.35. The SMILES string of the molecule is CCCCCCCC/C=C\CCCCCCCC(=O)OC(C)COCC(C)O. The van der Waals surface area contributed by atoms with Crippen molar-refractivity contribution in [2.45, 2.75) is 123 Å². The molecule has 28 heavy (non-hydrogen) atoms. The molecule has 0 radical (unpaired) electrons. The number of hydrogen-bond donors (Lipinski definition) is 1. The van der Waals surface area contributed by atoms with E-state index in [4.69, 9.17) is 14.6 Å². The van der Waals surface area contributed by atoms with Gasteiger partial charge >= 0.3 is 5.97 Å². The summed E-state index contributed by atoms with van der Waals surface area (Å²) in [5.41, 5.74) is 0. The van der Waals surface area contributed by atoms with E-state index < -0.39 is 6.10 Å². The highest BCUT2D eigenvalue weighted by Gasteiger charge is 2.09. The molecule has 0 heterocycles. The summed E-state index contributed by atoms with van der Waals surface area (Å²) in [6.45, 7) is 6.36. The number of carbonyl (C=O) groups excluding carboxylic acids is 1. The minimum absolute atomic E-state index is 0.147. The van der Waals surface area contributed by atoms with Crippen LogP contribution in [-0.2, 0) is 14.3 Å². The first-order chi connectivity index (χ1) is 13.6. The molecule has 0 aliphatic heterocycles. The van der Waals surface area contributed by atoms with Crippen LogP contribution in [0.5, 0.6) is 0 Å². The van der Waals surface area contributed by atoms with Crippen molar-refractivity contribution in [3.8, 4) is 0 Å². The van der Waals surface area contributed by atoms with Crippen LogP contribution in [0.25, 0.3) is 0 Å². The quantitative estimate of drug-likeness (QED) is 0.147. The Bertz CT molecular complexity index is 366. The summed E-state index contributed by atoms with van der Waals surface area (Å²) in [5, 5.41) is 9.11. The van der Waals surface area contributed by atoms with Crippen molar-refractivity contribution in [3.63, 3.8) is 0 Å². The fraction of sp³-hybridized carbons (Fsp3) is 0.875. The molecule has 1 N–H and O–H groups in total. The molecule has 0 aromatic heterocycles. The van der Waals surface area contributed by atoms with Crippen LogP contribution in [0.3, 0.4) is 0 Å². The fourth-order valence-electron chi connectivity index (χ4n) is 3.06. The van der Waals surface area contributed by atoms with Gasteiger partial charge in [0.2, 0.25) is 0 Å². The van der Waals surface area contributed by atoms with Gasteiger partial charge in [0.15, 0.2) is 0 Å². The number of ether oxygens (including phenoxy) is 2. The second-order valence-electron chi connectivity index (χ2n) is 8.02. The monoisotopic (exact) mass is 398 g/mol. The average molecular weight is 399 g/mol. The molecule has 0 amide bonds. The molecule has 0 saturated heterocycles. The second-order valence-corrected chi connectivity index (χ2v) is 8.02. The Hall–Kier alpha value is -0.870. The number of allylic oxidation sites excluding steroid dienone is 2. The van der Waals surface area contributed by atoms with Crippen molar-refractivity contribution in [3.05, 3.63) is 12.2 Å². The van der Waals surface area contributed by atoms with E-state index in [1.807, 2.05) is 6.92 Å². The second kappa shape index (κ2) is 20.9. The Labute approximate surface area is 174 Å². The maximum absolute atomic E-state index is 11.7. The van der Waals surface area contributed by atoms with Gasteiger partial charge in [-0.15, -0.1) is 0 Å². The van der Waals surface area contributed by atoms with Gasteiger partial charge in [-0.25, -0.2) is 0 Å². The first kappa shape index (κ1) is 27.1. The lowest BCUT2D eigenvalue weighted by Gasteiger charge is -2.14. The molecule has 2 unspecified atom stereocenters. The number of carbonyl (C=O) groups is 1. The van der Waals surface area contributed by atoms with Crippen LogP contribution in [0.15, 0.2) is 12.2 Å². The van der Waals surface area contributed by atoms with Crippen LogP contribution < -0.4 is 0 Å². The van der Waals surface area contributed by atoms with Gasteiger partial charge in [0.05, 0.1) is 19.3 Å². The molecule has 0 aliphatic carbocycles. The molecule has 4 nitrogen and oxygen atoms in total. The van der Waals surface area contributed by atoms with Gasteiger partial charge in [-0.05, 0) is 46.0 Å². The number of hydrogen-bond acceptors (Lipinski definition) is 4. The Balaban J connectivity index is 3.33. The first-order valence-electron chi connectivity index (χ1n) is 11.7. The zero-order chi connectivity index (χ0) is 20.9. The molecule has 166 valence electrons. The summed E-state index contributed by atoms with van der Waals surface area (Å²) < 4.78 is 10.6. The van der Waals surface area contributed by atoms with Crippen molar-refractivity contribution in [1.29, 1.82) is 0 Å². The Morgan fingerprint density at radius 1 is 0.821 bits per heavy atom. The third-order valence-corrected chi connectivity index (χ3v) is 4.69. The molecule has 4 heteroatoms. The summed E-state index contributed by atoms with van der Waals surface area (Å²) in [5.74, 6) is -0.147. The molecule has 0 fully saturated rings. The molecule has 0 saturated carbocycles. The van der Waals surface area contributed by atoms with Crippen LogP contribution in [0, 0.1) is 0 Å². The van der Waals surface area contributed by atoms with Crippen LogP contribution in [0.1, 0.15) is 111 Å². The van der Waals surface area contributed by atoms with Gasteiger partial charge in [-0.3, -0.25) is 4.79 Å². The van der Waals surface area contributed by atoms with Gasteiger partial charge in [0, 0.05) is 6.42 Å². The lowest BCUT2D eigenvalue weighted by Crippen LogP contribution is -2.22. The third kappa shape index (κ3) is 21.4. The molecular weight excluding hydrogens is 352 g/mol. The summed E-state index contributed by atoms with van der Waals surface area (Å²) in [7, 11) is 0. The van der Waals surface area contributed by atoms with Crippen molar-refractivity contribution in [2.75, 3.05) is 13.2 Å².